The van der Waals surface area contributed by atoms with E-state index in [2.05, 4.69) is 68.4 Å². The maximum atomic E-state index is 9.89. The Hall–Kier alpha value is -2.07. The van der Waals surface area contributed by atoms with Crippen LogP contribution in [0.3, 0.4) is 0 Å². The van der Waals surface area contributed by atoms with Gasteiger partial charge in [0.2, 0.25) is 0 Å². The SMILES string of the molecule is CCCCCCC[C@]1(C#N)CC[C@H](c2ccc(-c3ccc(CCCCC)cc3)cc2)CC1. The van der Waals surface area contributed by atoms with Crippen LogP contribution in [0.4, 0.5) is 0 Å². The molecule has 0 N–H and O–H groups in total. The van der Waals surface area contributed by atoms with Gasteiger partial charge in [0.05, 0.1) is 11.5 Å². The van der Waals surface area contributed by atoms with Gasteiger partial charge in [0.15, 0.2) is 0 Å². The number of hydrogen-bond donors (Lipinski definition) is 0. The van der Waals surface area contributed by atoms with Gasteiger partial charge in [0, 0.05) is 0 Å². The third-order valence-electron chi connectivity index (χ3n) is 7.68. The molecule has 0 bridgehead atoms. The minimum atomic E-state index is -0.0540. The molecule has 1 aliphatic rings. The van der Waals surface area contributed by atoms with Crippen LogP contribution in [-0.2, 0) is 6.42 Å². The van der Waals surface area contributed by atoms with Gasteiger partial charge in [-0.15, -0.1) is 0 Å². The van der Waals surface area contributed by atoms with Crippen molar-refractivity contribution in [3.8, 4) is 17.2 Å². The Morgan fingerprint density at radius 3 is 1.91 bits per heavy atom. The maximum Gasteiger partial charge on any atom is 0.0689 e. The molecule has 1 fully saturated rings. The number of unbranched alkanes of at least 4 members (excludes halogenated alkanes) is 6. The summed E-state index contributed by atoms with van der Waals surface area (Å²) in [5, 5.41) is 9.89. The van der Waals surface area contributed by atoms with Gasteiger partial charge in [-0.05, 0) is 73.1 Å². The minimum Gasteiger partial charge on any atom is -0.198 e. The summed E-state index contributed by atoms with van der Waals surface area (Å²) in [5.74, 6) is 0.617. The minimum absolute atomic E-state index is 0.0540. The molecule has 1 saturated carbocycles. The molecule has 32 heavy (non-hydrogen) atoms. The monoisotopic (exact) mass is 429 g/mol. The summed E-state index contributed by atoms with van der Waals surface area (Å²) in [6.45, 7) is 4.52. The second-order valence-corrected chi connectivity index (χ2v) is 10.1. The molecular formula is C31H43N. The molecule has 0 unspecified atom stereocenters. The molecule has 1 nitrogen and oxygen atoms in total. The molecule has 3 rings (SSSR count). The second-order valence-electron chi connectivity index (χ2n) is 10.1. The second kappa shape index (κ2) is 12.8. The molecule has 0 aromatic heterocycles. The van der Waals surface area contributed by atoms with Crippen LogP contribution >= 0.6 is 0 Å². The topological polar surface area (TPSA) is 23.8 Å². The molecular weight excluding hydrogens is 386 g/mol. The van der Waals surface area contributed by atoms with E-state index in [4.69, 9.17) is 0 Å². The molecule has 0 saturated heterocycles. The molecule has 2 aromatic carbocycles. The molecule has 172 valence electrons. The first-order chi connectivity index (χ1) is 15.7. The fourth-order valence-corrected chi connectivity index (χ4v) is 5.38. The highest BCUT2D eigenvalue weighted by Crippen LogP contribution is 2.45. The van der Waals surface area contributed by atoms with Crippen molar-refractivity contribution in [3.05, 3.63) is 59.7 Å². The number of rotatable bonds is 12. The Morgan fingerprint density at radius 2 is 1.31 bits per heavy atom. The van der Waals surface area contributed by atoms with Gasteiger partial charge in [0.1, 0.15) is 0 Å². The smallest absolute Gasteiger partial charge is 0.0689 e. The zero-order chi connectivity index (χ0) is 22.7. The Kier molecular flexibility index (Phi) is 9.86. The molecule has 1 heteroatoms. The molecule has 2 aromatic rings. The summed E-state index contributed by atoms with van der Waals surface area (Å²) in [5.41, 5.74) is 5.47. The molecule has 0 radical (unpaired) electrons. The number of benzene rings is 2. The number of aryl methyl sites for hydroxylation is 1. The molecule has 0 atom stereocenters. The number of nitrogens with zero attached hydrogens (tertiary/aromatic N) is 1. The lowest BCUT2D eigenvalue weighted by atomic mass is 9.67. The summed E-state index contributed by atoms with van der Waals surface area (Å²) in [4.78, 5) is 0. The van der Waals surface area contributed by atoms with Gasteiger partial charge in [-0.1, -0.05) is 107 Å². The van der Waals surface area contributed by atoms with Gasteiger partial charge in [0.25, 0.3) is 0 Å². The standard InChI is InChI=1S/C31H43N/c1-3-5-7-8-10-22-31(25-32)23-20-30(21-24-31)29-18-16-28(17-19-29)27-14-12-26(13-15-27)11-9-6-4-2/h12-19,30H,3-11,20-24H2,1-2H3/t30-,31-. The maximum absolute atomic E-state index is 9.89. The van der Waals surface area contributed by atoms with Crippen molar-refractivity contribution in [1.82, 2.24) is 0 Å². The van der Waals surface area contributed by atoms with E-state index >= 15 is 0 Å². The van der Waals surface area contributed by atoms with Crippen LogP contribution in [0.2, 0.25) is 0 Å². The molecule has 1 aliphatic carbocycles. The van der Waals surface area contributed by atoms with Crippen molar-refractivity contribution < 1.29 is 0 Å². The van der Waals surface area contributed by atoms with E-state index in [1.165, 1.54) is 80.0 Å². The molecule has 0 aliphatic heterocycles. The van der Waals surface area contributed by atoms with Crippen LogP contribution in [0, 0.1) is 16.7 Å². The Labute approximate surface area is 197 Å². The Bertz CT molecular complexity index is 816. The predicted octanol–water partition coefficient (Wildman–Crippen LogP) is 9.61. The number of hydrogen-bond acceptors (Lipinski definition) is 1. The summed E-state index contributed by atoms with van der Waals surface area (Å²) in [6.07, 6.45) is 17.1. The van der Waals surface area contributed by atoms with E-state index in [9.17, 15) is 5.26 Å². The highest BCUT2D eigenvalue weighted by molar-refractivity contribution is 5.64. The van der Waals surface area contributed by atoms with Crippen molar-refractivity contribution in [2.75, 3.05) is 0 Å². The molecule has 0 amide bonds. The molecule has 0 heterocycles. The van der Waals surface area contributed by atoms with E-state index in [1.807, 2.05) is 0 Å². The van der Waals surface area contributed by atoms with Crippen molar-refractivity contribution in [1.29, 1.82) is 5.26 Å². The third-order valence-corrected chi connectivity index (χ3v) is 7.68. The number of nitriles is 1. The van der Waals surface area contributed by atoms with E-state index in [-0.39, 0.29) is 5.41 Å². The van der Waals surface area contributed by atoms with Crippen LogP contribution in [0.1, 0.15) is 114 Å². The lowest BCUT2D eigenvalue weighted by Crippen LogP contribution is -2.25. The van der Waals surface area contributed by atoms with E-state index in [1.54, 1.807) is 0 Å². The average Bonchev–Trinajstić information content (AvgIpc) is 2.85. The normalized spacial score (nSPS) is 20.7. The summed E-state index contributed by atoms with van der Waals surface area (Å²) in [7, 11) is 0. The highest BCUT2D eigenvalue weighted by atomic mass is 14.4. The fraction of sp³-hybridized carbons (Fsp3) is 0.581. The fourth-order valence-electron chi connectivity index (χ4n) is 5.38. The zero-order valence-electron chi connectivity index (χ0n) is 20.5. The average molecular weight is 430 g/mol. The van der Waals surface area contributed by atoms with Crippen LogP contribution in [0.25, 0.3) is 11.1 Å². The first-order valence-electron chi connectivity index (χ1n) is 13.3. The van der Waals surface area contributed by atoms with E-state index in [0.29, 0.717) is 5.92 Å². The van der Waals surface area contributed by atoms with Crippen molar-refractivity contribution in [2.45, 2.75) is 110 Å². The molecule has 0 spiro atoms. The van der Waals surface area contributed by atoms with Gasteiger partial charge in [-0.25, -0.2) is 0 Å². The van der Waals surface area contributed by atoms with Crippen molar-refractivity contribution >= 4 is 0 Å². The van der Waals surface area contributed by atoms with Crippen molar-refractivity contribution in [3.63, 3.8) is 0 Å². The Morgan fingerprint density at radius 1 is 0.750 bits per heavy atom. The Balaban J connectivity index is 1.52. The summed E-state index contributed by atoms with van der Waals surface area (Å²) in [6, 6.07) is 21.1. The van der Waals surface area contributed by atoms with Crippen LogP contribution < -0.4 is 0 Å². The summed E-state index contributed by atoms with van der Waals surface area (Å²) >= 11 is 0. The van der Waals surface area contributed by atoms with Gasteiger partial charge < -0.3 is 0 Å². The van der Waals surface area contributed by atoms with Crippen LogP contribution in [0.15, 0.2) is 48.5 Å². The quantitative estimate of drug-likeness (QED) is 0.308. The van der Waals surface area contributed by atoms with Crippen LogP contribution in [-0.4, -0.2) is 0 Å². The third kappa shape index (κ3) is 6.96. The highest BCUT2D eigenvalue weighted by Gasteiger charge is 2.35. The predicted molar refractivity (Wildman–Crippen MR) is 138 cm³/mol. The van der Waals surface area contributed by atoms with E-state index < -0.39 is 0 Å². The van der Waals surface area contributed by atoms with Gasteiger partial charge in [-0.3, -0.25) is 0 Å². The van der Waals surface area contributed by atoms with Crippen molar-refractivity contribution in [2.24, 2.45) is 5.41 Å². The largest absolute Gasteiger partial charge is 0.198 e. The first kappa shape index (κ1) is 24.6. The lowest BCUT2D eigenvalue weighted by molar-refractivity contribution is 0.223. The van der Waals surface area contributed by atoms with E-state index in [0.717, 1.165) is 32.1 Å². The van der Waals surface area contributed by atoms with Gasteiger partial charge in [-0.2, -0.15) is 5.26 Å². The van der Waals surface area contributed by atoms with Gasteiger partial charge >= 0.3 is 0 Å². The lowest BCUT2D eigenvalue weighted by Gasteiger charge is -2.35. The summed E-state index contributed by atoms with van der Waals surface area (Å²) < 4.78 is 0. The zero-order valence-corrected chi connectivity index (χ0v) is 20.5. The first-order valence-corrected chi connectivity index (χ1v) is 13.3. The van der Waals surface area contributed by atoms with Crippen LogP contribution in [0.5, 0.6) is 0 Å².